The standard InChI is InChI=1S/C19H28ClN3O2.ClH/c1-12(2)17(22-18(24)14-6-8-16(20)9-7-14)19(25)23-10-4-5-15(11-23)13(3)21;/h6-9,12-13,15,17H,4-5,10-11,21H2,1-3H3,(H,22,24);1H. The number of nitrogens with one attached hydrogen (secondary N) is 1. The predicted octanol–water partition coefficient (Wildman–Crippen LogP) is 3.10. The number of benzene rings is 1. The minimum absolute atomic E-state index is 0. The molecule has 1 aromatic carbocycles. The van der Waals surface area contributed by atoms with E-state index in [9.17, 15) is 9.59 Å². The van der Waals surface area contributed by atoms with E-state index in [4.69, 9.17) is 17.3 Å². The van der Waals surface area contributed by atoms with Crippen LogP contribution < -0.4 is 11.1 Å². The average molecular weight is 402 g/mol. The van der Waals surface area contributed by atoms with Crippen LogP contribution in [0.2, 0.25) is 5.02 Å². The summed E-state index contributed by atoms with van der Waals surface area (Å²) in [6.45, 7) is 7.26. The first kappa shape index (κ1) is 22.7. The molecule has 0 aliphatic carbocycles. The molecule has 3 atom stereocenters. The summed E-state index contributed by atoms with van der Waals surface area (Å²) in [7, 11) is 0. The summed E-state index contributed by atoms with van der Waals surface area (Å²) in [4.78, 5) is 27.3. The lowest BCUT2D eigenvalue weighted by Gasteiger charge is -2.37. The van der Waals surface area contributed by atoms with Crippen LogP contribution in [0.25, 0.3) is 0 Å². The van der Waals surface area contributed by atoms with Crippen LogP contribution in [0, 0.1) is 11.8 Å². The summed E-state index contributed by atoms with van der Waals surface area (Å²) < 4.78 is 0. The molecule has 2 rings (SSSR count). The molecule has 0 spiro atoms. The van der Waals surface area contributed by atoms with E-state index < -0.39 is 6.04 Å². The zero-order valence-corrected chi connectivity index (χ0v) is 17.1. The molecule has 0 bridgehead atoms. The van der Waals surface area contributed by atoms with Gasteiger partial charge in [0.15, 0.2) is 0 Å². The molecule has 3 N–H and O–H groups in total. The zero-order chi connectivity index (χ0) is 18.6. The first-order valence-corrected chi connectivity index (χ1v) is 9.28. The maximum absolute atomic E-state index is 13.0. The Balaban J connectivity index is 0.00000338. The van der Waals surface area contributed by atoms with Gasteiger partial charge in [-0.25, -0.2) is 0 Å². The van der Waals surface area contributed by atoms with E-state index in [0.717, 1.165) is 19.4 Å². The Morgan fingerprint density at radius 3 is 2.38 bits per heavy atom. The van der Waals surface area contributed by atoms with Crippen molar-refractivity contribution in [2.75, 3.05) is 13.1 Å². The normalized spacial score (nSPS) is 19.5. The fourth-order valence-corrected chi connectivity index (χ4v) is 3.30. The van der Waals surface area contributed by atoms with Crippen LogP contribution in [-0.2, 0) is 4.79 Å². The molecule has 1 aliphatic rings. The average Bonchev–Trinajstić information content (AvgIpc) is 2.59. The second-order valence-electron chi connectivity index (χ2n) is 7.25. The third kappa shape index (κ3) is 5.86. The molecular weight excluding hydrogens is 373 g/mol. The van der Waals surface area contributed by atoms with Crippen LogP contribution in [0.4, 0.5) is 0 Å². The molecule has 3 unspecified atom stereocenters. The number of hydrogen-bond donors (Lipinski definition) is 2. The first-order chi connectivity index (χ1) is 11.8. The maximum Gasteiger partial charge on any atom is 0.251 e. The topological polar surface area (TPSA) is 75.4 Å². The van der Waals surface area contributed by atoms with Gasteiger partial charge in [0.1, 0.15) is 6.04 Å². The first-order valence-electron chi connectivity index (χ1n) is 8.90. The maximum atomic E-state index is 13.0. The zero-order valence-electron chi connectivity index (χ0n) is 15.6. The van der Waals surface area contributed by atoms with E-state index in [-0.39, 0.29) is 36.2 Å². The van der Waals surface area contributed by atoms with Crippen molar-refractivity contribution in [2.45, 2.75) is 45.7 Å². The number of halogens is 2. The Kier molecular flexibility index (Phi) is 8.87. The summed E-state index contributed by atoms with van der Waals surface area (Å²) in [5.74, 6) is 0.0315. The highest BCUT2D eigenvalue weighted by molar-refractivity contribution is 6.30. The van der Waals surface area contributed by atoms with Gasteiger partial charge >= 0.3 is 0 Å². The highest BCUT2D eigenvalue weighted by Crippen LogP contribution is 2.21. The van der Waals surface area contributed by atoms with Gasteiger partial charge in [-0.1, -0.05) is 25.4 Å². The third-order valence-electron chi connectivity index (χ3n) is 4.84. The second kappa shape index (κ2) is 10.1. The quantitative estimate of drug-likeness (QED) is 0.795. The van der Waals surface area contributed by atoms with Gasteiger partial charge in [0.05, 0.1) is 0 Å². The fraction of sp³-hybridized carbons (Fsp3) is 0.579. The van der Waals surface area contributed by atoms with Gasteiger partial charge in [-0.15, -0.1) is 12.4 Å². The number of carbonyl (C=O) groups is 2. The van der Waals surface area contributed by atoms with Crippen LogP contribution in [0.1, 0.15) is 44.0 Å². The van der Waals surface area contributed by atoms with Crippen molar-refractivity contribution in [2.24, 2.45) is 17.6 Å². The summed E-state index contributed by atoms with van der Waals surface area (Å²) in [6.07, 6.45) is 2.00. The molecule has 7 heteroatoms. The number of carbonyl (C=O) groups excluding carboxylic acids is 2. The summed E-state index contributed by atoms with van der Waals surface area (Å²) in [5.41, 5.74) is 6.51. The number of piperidine rings is 1. The van der Waals surface area contributed by atoms with Gasteiger partial charge < -0.3 is 16.0 Å². The van der Waals surface area contributed by atoms with Crippen molar-refractivity contribution in [1.82, 2.24) is 10.2 Å². The fourth-order valence-electron chi connectivity index (χ4n) is 3.18. The van der Waals surface area contributed by atoms with Crippen LogP contribution in [0.5, 0.6) is 0 Å². The van der Waals surface area contributed by atoms with Crippen LogP contribution in [-0.4, -0.2) is 41.9 Å². The summed E-state index contributed by atoms with van der Waals surface area (Å²) in [6, 6.07) is 6.17. The minimum Gasteiger partial charge on any atom is -0.341 e. The number of hydrogen-bond acceptors (Lipinski definition) is 3. The van der Waals surface area contributed by atoms with Crippen molar-refractivity contribution in [3.63, 3.8) is 0 Å². The Morgan fingerprint density at radius 2 is 1.85 bits per heavy atom. The van der Waals surface area contributed by atoms with Gasteiger partial charge in [0.25, 0.3) is 5.91 Å². The van der Waals surface area contributed by atoms with Gasteiger partial charge in [0.2, 0.25) is 5.91 Å². The van der Waals surface area contributed by atoms with E-state index in [2.05, 4.69) is 5.32 Å². The molecule has 1 saturated heterocycles. The predicted molar refractivity (Wildman–Crippen MR) is 108 cm³/mol. The SMILES string of the molecule is CC(C)C(NC(=O)c1ccc(Cl)cc1)C(=O)N1CCCC(C(C)N)C1.Cl. The summed E-state index contributed by atoms with van der Waals surface area (Å²) >= 11 is 5.86. The molecule has 2 amide bonds. The minimum atomic E-state index is -0.546. The Morgan fingerprint density at radius 1 is 1.23 bits per heavy atom. The smallest absolute Gasteiger partial charge is 0.251 e. The number of nitrogens with zero attached hydrogens (tertiary/aromatic N) is 1. The monoisotopic (exact) mass is 401 g/mol. The lowest BCUT2D eigenvalue weighted by atomic mass is 9.91. The van der Waals surface area contributed by atoms with Crippen LogP contribution >= 0.6 is 24.0 Å². The second-order valence-corrected chi connectivity index (χ2v) is 7.68. The highest BCUT2D eigenvalue weighted by atomic mass is 35.5. The van der Waals surface area contributed by atoms with E-state index in [1.54, 1.807) is 24.3 Å². The molecular formula is C19H29Cl2N3O2. The van der Waals surface area contributed by atoms with Crippen molar-refractivity contribution in [1.29, 1.82) is 0 Å². The molecule has 1 fully saturated rings. The highest BCUT2D eigenvalue weighted by Gasteiger charge is 2.32. The Labute approximate surface area is 167 Å². The van der Waals surface area contributed by atoms with E-state index in [1.807, 2.05) is 25.7 Å². The number of likely N-dealkylation sites (tertiary alicyclic amines) is 1. The van der Waals surface area contributed by atoms with E-state index in [1.165, 1.54) is 0 Å². The molecule has 146 valence electrons. The number of amides is 2. The Bertz CT molecular complexity index is 605. The van der Waals surface area contributed by atoms with Crippen molar-refractivity contribution in [3.05, 3.63) is 34.9 Å². The van der Waals surface area contributed by atoms with Crippen LogP contribution in [0.3, 0.4) is 0 Å². The van der Waals surface area contributed by atoms with Gasteiger partial charge in [-0.05, 0) is 55.9 Å². The molecule has 0 aromatic heterocycles. The molecule has 0 saturated carbocycles. The lowest BCUT2D eigenvalue weighted by Crippen LogP contribution is -2.54. The largest absolute Gasteiger partial charge is 0.341 e. The third-order valence-corrected chi connectivity index (χ3v) is 5.09. The van der Waals surface area contributed by atoms with Gasteiger partial charge in [-0.2, -0.15) is 0 Å². The van der Waals surface area contributed by atoms with Crippen molar-refractivity contribution < 1.29 is 9.59 Å². The Hall–Kier alpha value is -1.30. The number of nitrogens with two attached hydrogens (primary N) is 1. The van der Waals surface area contributed by atoms with Crippen LogP contribution in [0.15, 0.2) is 24.3 Å². The lowest BCUT2D eigenvalue weighted by molar-refractivity contribution is -0.136. The van der Waals surface area contributed by atoms with E-state index in [0.29, 0.717) is 23.0 Å². The molecule has 5 nitrogen and oxygen atoms in total. The number of rotatable bonds is 5. The molecule has 1 aromatic rings. The molecule has 0 radical (unpaired) electrons. The molecule has 1 aliphatic heterocycles. The van der Waals surface area contributed by atoms with E-state index >= 15 is 0 Å². The molecule has 26 heavy (non-hydrogen) atoms. The van der Waals surface area contributed by atoms with Gasteiger partial charge in [0, 0.05) is 29.7 Å². The van der Waals surface area contributed by atoms with Crippen molar-refractivity contribution in [3.8, 4) is 0 Å². The summed E-state index contributed by atoms with van der Waals surface area (Å²) in [5, 5.41) is 3.46. The van der Waals surface area contributed by atoms with Crippen molar-refractivity contribution >= 4 is 35.8 Å². The van der Waals surface area contributed by atoms with Gasteiger partial charge in [-0.3, -0.25) is 9.59 Å². The molecule has 1 heterocycles.